The van der Waals surface area contributed by atoms with Crippen LogP contribution in [0.1, 0.15) is 31.0 Å². The quantitative estimate of drug-likeness (QED) is 0.931. The van der Waals surface area contributed by atoms with Crippen LogP contribution in [0.25, 0.3) is 5.69 Å². The van der Waals surface area contributed by atoms with Gasteiger partial charge in [-0.25, -0.2) is 4.68 Å². The Bertz CT molecular complexity index is 564. The molecule has 96 valence electrons. The van der Waals surface area contributed by atoms with Gasteiger partial charge in [-0.05, 0) is 18.1 Å². The number of aromatic nitrogens is 2. The predicted molar refractivity (Wildman–Crippen MR) is 73.6 cm³/mol. The molecule has 3 nitrogen and oxygen atoms in total. The largest absolute Gasteiger partial charge is 0.391 e. The summed E-state index contributed by atoms with van der Waals surface area (Å²) < 4.78 is 1.57. The summed E-state index contributed by atoms with van der Waals surface area (Å²) in [5, 5.41) is 14.8. The molecule has 0 unspecified atom stereocenters. The Morgan fingerprint density at radius 2 is 1.94 bits per heavy atom. The van der Waals surface area contributed by atoms with E-state index >= 15 is 0 Å². The van der Waals surface area contributed by atoms with E-state index in [4.69, 9.17) is 23.2 Å². The number of aliphatic hydroxyl groups excluding tert-OH is 1. The van der Waals surface area contributed by atoms with Crippen molar-refractivity contribution < 1.29 is 5.11 Å². The normalized spacial score (nSPS) is 11.2. The van der Waals surface area contributed by atoms with Crippen molar-refractivity contribution in [3.63, 3.8) is 0 Å². The van der Waals surface area contributed by atoms with Crippen LogP contribution in [-0.2, 0) is 6.61 Å². The van der Waals surface area contributed by atoms with Gasteiger partial charge in [0, 0.05) is 5.56 Å². The Morgan fingerprint density at radius 3 is 2.44 bits per heavy atom. The van der Waals surface area contributed by atoms with Gasteiger partial charge >= 0.3 is 0 Å². The van der Waals surface area contributed by atoms with Crippen LogP contribution in [0, 0.1) is 0 Å². The van der Waals surface area contributed by atoms with Gasteiger partial charge in [0.25, 0.3) is 0 Å². The number of nitrogens with zero attached hydrogens (tertiary/aromatic N) is 2. The van der Waals surface area contributed by atoms with Crippen LogP contribution in [-0.4, -0.2) is 14.9 Å². The molecule has 1 heterocycles. The van der Waals surface area contributed by atoms with Gasteiger partial charge in [-0.2, -0.15) is 5.10 Å². The minimum atomic E-state index is -0.128. The zero-order valence-corrected chi connectivity index (χ0v) is 11.7. The summed E-state index contributed by atoms with van der Waals surface area (Å²) in [5.74, 6) is 0.188. The van der Waals surface area contributed by atoms with Gasteiger partial charge in [-0.3, -0.25) is 0 Å². The molecule has 1 aromatic heterocycles. The van der Waals surface area contributed by atoms with Crippen molar-refractivity contribution >= 4 is 23.2 Å². The monoisotopic (exact) mass is 284 g/mol. The molecule has 0 bridgehead atoms. The standard InChI is InChI=1S/C13H14Cl2N2O/c1-8(2)12-9(7-18)13(15)17(16-12)11-6-4-3-5-10(11)14/h3-6,8,18H,7H2,1-2H3. The van der Waals surface area contributed by atoms with E-state index in [1.54, 1.807) is 10.7 Å². The Morgan fingerprint density at radius 1 is 1.28 bits per heavy atom. The molecule has 0 fully saturated rings. The third-order valence-electron chi connectivity index (χ3n) is 2.74. The summed E-state index contributed by atoms with van der Waals surface area (Å²) in [5.41, 5.74) is 2.17. The molecule has 1 N–H and O–H groups in total. The first-order valence-corrected chi connectivity index (χ1v) is 6.45. The molecular formula is C13H14Cl2N2O. The van der Waals surface area contributed by atoms with Crippen molar-refractivity contribution in [1.82, 2.24) is 9.78 Å². The van der Waals surface area contributed by atoms with E-state index < -0.39 is 0 Å². The van der Waals surface area contributed by atoms with E-state index in [-0.39, 0.29) is 12.5 Å². The second-order valence-electron chi connectivity index (χ2n) is 4.33. The highest BCUT2D eigenvalue weighted by Crippen LogP contribution is 2.30. The Kier molecular flexibility index (Phi) is 3.95. The van der Waals surface area contributed by atoms with E-state index in [9.17, 15) is 5.11 Å². The first kappa shape index (κ1) is 13.4. The zero-order valence-electron chi connectivity index (χ0n) is 10.2. The fourth-order valence-electron chi connectivity index (χ4n) is 1.84. The minimum Gasteiger partial charge on any atom is -0.391 e. The van der Waals surface area contributed by atoms with Crippen LogP contribution in [0.2, 0.25) is 10.2 Å². The Balaban J connectivity index is 2.63. The molecule has 1 aromatic carbocycles. The van der Waals surface area contributed by atoms with Crippen LogP contribution in [0.15, 0.2) is 24.3 Å². The number of aliphatic hydroxyl groups is 1. The van der Waals surface area contributed by atoms with Gasteiger partial charge in [0.15, 0.2) is 0 Å². The molecule has 0 aliphatic carbocycles. The molecule has 0 aliphatic heterocycles. The van der Waals surface area contributed by atoms with E-state index in [0.29, 0.717) is 21.4 Å². The van der Waals surface area contributed by atoms with Crippen LogP contribution in [0.4, 0.5) is 0 Å². The van der Waals surface area contributed by atoms with Gasteiger partial charge in [-0.15, -0.1) is 0 Å². The second-order valence-corrected chi connectivity index (χ2v) is 5.10. The molecule has 2 rings (SSSR count). The van der Waals surface area contributed by atoms with Gasteiger partial charge in [0.2, 0.25) is 0 Å². The predicted octanol–water partition coefficient (Wildman–Crippen LogP) is 3.79. The molecule has 0 aliphatic rings. The fourth-order valence-corrected chi connectivity index (χ4v) is 2.34. The van der Waals surface area contributed by atoms with Crippen LogP contribution in [0.5, 0.6) is 0 Å². The Hall–Kier alpha value is -1.03. The van der Waals surface area contributed by atoms with Gasteiger partial charge in [0.1, 0.15) is 5.15 Å². The molecule has 0 radical (unpaired) electrons. The maximum Gasteiger partial charge on any atom is 0.138 e. The minimum absolute atomic E-state index is 0.128. The lowest BCUT2D eigenvalue weighted by atomic mass is 10.1. The third-order valence-corrected chi connectivity index (χ3v) is 3.45. The smallest absolute Gasteiger partial charge is 0.138 e. The van der Waals surface area contributed by atoms with Crippen molar-refractivity contribution in [1.29, 1.82) is 0 Å². The van der Waals surface area contributed by atoms with Gasteiger partial charge in [-0.1, -0.05) is 49.2 Å². The highest BCUT2D eigenvalue weighted by molar-refractivity contribution is 6.33. The lowest BCUT2D eigenvalue weighted by Crippen LogP contribution is -1.99. The fraction of sp³-hybridized carbons (Fsp3) is 0.308. The summed E-state index contributed by atoms with van der Waals surface area (Å²) in [7, 11) is 0. The number of hydrogen-bond donors (Lipinski definition) is 1. The highest BCUT2D eigenvalue weighted by Gasteiger charge is 2.19. The molecule has 0 atom stereocenters. The highest BCUT2D eigenvalue weighted by atomic mass is 35.5. The maximum absolute atomic E-state index is 9.41. The van der Waals surface area contributed by atoms with Crippen molar-refractivity contribution in [3.05, 3.63) is 45.7 Å². The topological polar surface area (TPSA) is 38.0 Å². The van der Waals surface area contributed by atoms with Crippen molar-refractivity contribution in [2.24, 2.45) is 0 Å². The summed E-state index contributed by atoms with van der Waals surface area (Å²) in [6.45, 7) is 3.89. The SMILES string of the molecule is CC(C)c1nn(-c2ccccc2Cl)c(Cl)c1CO. The molecule has 0 saturated heterocycles. The summed E-state index contributed by atoms with van der Waals surface area (Å²) in [6, 6.07) is 7.33. The summed E-state index contributed by atoms with van der Waals surface area (Å²) >= 11 is 12.4. The van der Waals surface area contributed by atoms with Crippen molar-refractivity contribution in [2.45, 2.75) is 26.4 Å². The number of benzene rings is 1. The van der Waals surface area contributed by atoms with E-state index in [1.807, 2.05) is 32.0 Å². The lowest BCUT2D eigenvalue weighted by molar-refractivity contribution is 0.280. The molecular weight excluding hydrogens is 271 g/mol. The van der Waals surface area contributed by atoms with E-state index in [1.165, 1.54) is 0 Å². The number of rotatable bonds is 3. The second kappa shape index (κ2) is 5.31. The van der Waals surface area contributed by atoms with E-state index in [2.05, 4.69) is 5.10 Å². The third kappa shape index (κ3) is 2.26. The average Bonchev–Trinajstić information content (AvgIpc) is 2.67. The Labute approximate surface area is 116 Å². The van der Waals surface area contributed by atoms with Gasteiger partial charge < -0.3 is 5.11 Å². The first-order valence-electron chi connectivity index (χ1n) is 5.69. The van der Waals surface area contributed by atoms with Crippen LogP contribution >= 0.6 is 23.2 Å². The number of para-hydroxylation sites is 1. The van der Waals surface area contributed by atoms with Crippen LogP contribution < -0.4 is 0 Å². The maximum atomic E-state index is 9.41. The zero-order chi connectivity index (χ0) is 13.3. The average molecular weight is 285 g/mol. The molecule has 0 amide bonds. The number of halogens is 2. The van der Waals surface area contributed by atoms with E-state index in [0.717, 1.165) is 5.69 Å². The molecule has 18 heavy (non-hydrogen) atoms. The molecule has 5 heteroatoms. The molecule has 0 spiro atoms. The van der Waals surface area contributed by atoms with Crippen LogP contribution in [0.3, 0.4) is 0 Å². The molecule has 0 saturated carbocycles. The summed E-state index contributed by atoms with van der Waals surface area (Å²) in [4.78, 5) is 0. The van der Waals surface area contributed by atoms with Crippen molar-refractivity contribution in [3.8, 4) is 5.69 Å². The lowest BCUT2D eigenvalue weighted by Gasteiger charge is -2.05. The summed E-state index contributed by atoms with van der Waals surface area (Å²) in [6.07, 6.45) is 0. The van der Waals surface area contributed by atoms with Crippen molar-refractivity contribution in [2.75, 3.05) is 0 Å². The number of hydrogen-bond acceptors (Lipinski definition) is 2. The van der Waals surface area contributed by atoms with Gasteiger partial charge in [0.05, 0.1) is 23.0 Å². The first-order chi connectivity index (χ1) is 8.56. The molecule has 2 aromatic rings.